The van der Waals surface area contributed by atoms with Gasteiger partial charge in [-0.1, -0.05) is 25.1 Å². The maximum atomic E-state index is 4.64. The molecule has 1 aromatic heterocycles. The van der Waals surface area contributed by atoms with Gasteiger partial charge in [-0.3, -0.25) is 0 Å². The number of rotatable bonds is 4. The molecular weight excluding hydrogens is 210 g/mol. The molecule has 0 aliphatic carbocycles. The highest BCUT2D eigenvalue weighted by molar-refractivity contribution is 5.84. The van der Waals surface area contributed by atoms with E-state index in [1.165, 1.54) is 10.9 Å². The Morgan fingerprint density at radius 1 is 1.24 bits per heavy atom. The van der Waals surface area contributed by atoms with Gasteiger partial charge >= 0.3 is 0 Å². The van der Waals surface area contributed by atoms with Crippen LogP contribution in [-0.2, 0) is 6.54 Å². The van der Waals surface area contributed by atoms with E-state index in [0.717, 1.165) is 24.4 Å². The summed E-state index contributed by atoms with van der Waals surface area (Å²) in [6.07, 6.45) is 0. The number of para-hydroxylation sites is 1. The molecule has 0 saturated heterocycles. The van der Waals surface area contributed by atoms with Crippen molar-refractivity contribution in [1.82, 2.24) is 10.3 Å². The van der Waals surface area contributed by atoms with E-state index in [2.05, 4.69) is 41.5 Å². The first kappa shape index (κ1) is 11.9. The molecule has 0 radical (unpaired) electrons. The fraction of sp³-hybridized carbons (Fsp3) is 0.357. The number of fused-ring (bicyclic) bond motifs is 1. The van der Waals surface area contributed by atoms with Crippen LogP contribution < -0.4 is 10.2 Å². The normalized spacial score (nSPS) is 10.8. The number of hydrogen-bond acceptors (Lipinski definition) is 3. The topological polar surface area (TPSA) is 28.2 Å². The van der Waals surface area contributed by atoms with E-state index in [9.17, 15) is 0 Å². The van der Waals surface area contributed by atoms with Gasteiger partial charge in [-0.25, -0.2) is 4.98 Å². The van der Waals surface area contributed by atoms with Gasteiger partial charge in [-0.2, -0.15) is 0 Å². The average molecular weight is 229 g/mol. The van der Waals surface area contributed by atoms with Crippen LogP contribution in [0.5, 0.6) is 0 Å². The summed E-state index contributed by atoms with van der Waals surface area (Å²) >= 11 is 0. The second-order valence-electron chi connectivity index (χ2n) is 4.33. The third-order valence-electron chi connectivity index (χ3n) is 2.81. The summed E-state index contributed by atoms with van der Waals surface area (Å²) in [4.78, 5) is 6.69. The van der Waals surface area contributed by atoms with Gasteiger partial charge in [0.15, 0.2) is 0 Å². The van der Waals surface area contributed by atoms with Crippen LogP contribution in [0.15, 0.2) is 30.3 Å². The lowest BCUT2D eigenvalue weighted by Gasteiger charge is -2.15. The fourth-order valence-corrected chi connectivity index (χ4v) is 1.87. The van der Waals surface area contributed by atoms with Crippen molar-refractivity contribution in [3.63, 3.8) is 0 Å². The molecule has 1 heterocycles. The van der Waals surface area contributed by atoms with Crippen LogP contribution in [-0.4, -0.2) is 25.6 Å². The summed E-state index contributed by atoms with van der Waals surface area (Å²) in [5, 5.41) is 4.61. The monoisotopic (exact) mass is 229 g/mol. The van der Waals surface area contributed by atoms with E-state index in [1.54, 1.807) is 0 Å². The number of aromatic nitrogens is 1. The minimum Gasteiger partial charge on any atom is -0.363 e. The second-order valence-corrected chi connectivity index (χ2v) is 4.33. The Bertz CT molecular complexity index is 506. The van der Waals surface area contributed by atoms with Crippen LogP contribution in [0.1, 0.15) is 12.5 Å². The second kappa shape index (κ2) is 5.15. The van der Waals surface area contributed by atoms with Crippen LogP contribution in [0, 0.1) is 0 Å². The van der Waals surface area contributed by atoms with Crippen LogP contribution in [0.4, 0.5) is 5.82 Å². The molecule has 0 aliphatic rings. The van der Waals surface area contributed by atoms with Crippen LogP contribution in [0.2, 0.25) is 0 Å². The molecule has 90 valence electrons. The quantitative estimate of drug-likeness (QED) is 0.872. The van der Waals surface area contributed by atoms with E-state index in [-0.39, 0.29) is 0 Å². The number of pyridine rings is 1. The SMILES string of the molecule is CCNCc1cc(N(C)C)nc2ccccc12. The van der Waals surface area contributed by atoms with Crippen LogP contribution in [0.3, 0.4) is 0 Å². The Morgan fingerprint density at radius 3 is 2.71 bits per heavy atom. The molecule has 0 aliphatic heterocycles. The Kier molecular flexibility index (Phi) is 3.59. The molecule has 2 aromatic rings. The Labute approximate surface area is 102 Å². The van der Waals surface area contributed by atoms with Crippen molar-refractivity contribution in [2.24, 2.45) is 0 Å². The summed E-state index contributed by atoms with van der Waals surface area (Å²) in [5.41, 5.74) is 2.37. The Balaban J connectivity index is 2.52. The Hall–Kier alpha value is -1.61. The molecule has 1 aromatic carbocycles. The molecule has 0 unspecified atom stereocenters. The van der Waals surface area contributed by atoms with Gasteiger partial charge in [-0.15, -0.1) is 0 Å². The van der Waals surface area contributed by atoms with Gasteiger partial charge in [0, 0.05) is 26.0 Å². The maximum absolute atomic E-state index is 4.64. The molecule has 0 bridgehead atoms. The minimum atomic E-state index is 0.889. The van der Waals surface area contributed by atoms with E-state index in [4.69, 9.17) is 0 Å². The zero-order valence-electron chi connectivity index (χ0n) is 10.7. The summed E-state index contributed by atoms with van der Waals surface area (Å²) in [6.45, 7) is 3.99. The van der Waals surface area contributed by atoms with Crippen LogP contribution in [0.25, 0.3) is 10.9 Å². The van der Waals surface area contributed by atoms with E-state index < -0.39 is 0 Å². The summed E-state index contributed by atoms with van der Waals surface area (Å²) in [7, 11) is 4.04. The molecular formula is C14H19N3. The fourth-order valence-electron chi connectivity index (χ4n) is 1.87. The first-order chi connectivity index (χ1) is 8.22. The lowest BCUT2D eigenvalue weighted by molar-refractivity contribution is 0.730. The highest BCUT2D eigenvalue weighted by atomic mass is 15.1. The molecule has 17 heavy (non-hydrogen) atoms. The van der Waals surface area contributed by atoms with Gasteiger partial charge in [0.2, 0.25) is 0 Å². The van der Waals surface area contributed by atoms with E-state index in [0.29, 0.717) is 0 Å². The molecule has 0 amide bonds. The molecule has 0 spiro atoms. The van der Waals surface area contributed by atoms with Crippen molar-refractivity contribution in [2.45, 2.75) is 13.5 Å². The van der Waals surface area contributed by atoms with Gasteiger partial charge in [-0.05, 0) is 24.2 Å². The first-order valence-corrected chi connectivity index (χ1v) is 5.99. The summed E-state index contributed by atoms with van der Waals surface area (Å²) in [6, 6.07) is 10.5. The summed E-state index contributed by atoms with van der Waals surface area (Å²) in [5.74, 6) is 1.01. The van der Waals surface area contributed by atoms with Crippen molar-refractivity contribution in [2.75, 3.05) is 25.5 Å². The number of benzene rings is 1. The molecule has 0 atom stereocenters. The van der Waals surface area contributed by atoms with E-state index >= 15 is 0 Å². The molecule has 3 heteroatoms. The number of anilines is 1. The molecule has 1 N–H and O–H groups in total. The molecule has 2 rings (SSSR count). The lowest BCUT2D eigenvalue weighted by Crippen LogP contribution is -2.15. The third kappa shape index (κ3) is 2.56. The van der Waals surface area contributed by atoms with Crippen molar-refractivity contribution in [1.29, 1.82) is 0 Å². The smallest absolute Gasteiger partial charge is 0.129 e. The van der Waals surface area contributed by atoms with Gasteiger partial charge in [0.05, 0.1) is 5.52 Å². The average Bonchev–Trinajstić information content (AvgIpc) is 2.35. The number of hydrogen-bond donors (Lipinski definition) is 1. The third-order valence-corrected chi connectivity index (χ3v) is 2.81. The molecule has 0 fully saturated rings. The minimum absolute atomic E-state index is 0.889. The largest absolute Gasteiger partial charge is 0.363 e. The van der Waals surface area contributed by atoms with Crippen molar-refractivity contribution < 1.29 is 0 Å². The predicted molar refractivity (Wildman–Crippen MR) is 73.5 cm³/mol. The first-order valence-electron chi connectivity index (χ1n) is 5.99. The molecule has 3 nitrogen and oxygen atoms in total. The lowest BCUT2D eigenvalue weighted by atomic mass is 10.1. The van der Waals surface area contributed by atoms with Crippen molar-refractivity contribution in [3.05, 3.63) is 35.9 Å². The standard InChI is InChI=1S/C14H19N3/c1-4-15-10-11-9-14(17(2)3)16-13-8-6-5-7-12(11)13/h5-9,15H,4,10H2,1-3H3. The van der Waals surface area contributed by atoms with Crippen molar-refractivity contribution >= 4 is 16.7 Å². The molecule has 0 saturated carbocycles. The van der Waals surface area contributed by atoms with Gasteiger partial charge in [0.25, 0.3) is 0 Å². The van der Waals surface area contributed by atoms with Crippen LogP contribution >= 0.6 is 0 Å². The van der Waals surface area contributed by atoms with E-state index in [1.807, 2.05) is 25.1 Å². The Morgan fingerprint density at radius 2 is 2.00 bits per heavy atom. The predicted octanol–water partition coefficient (Wildman–Crippen LogP) is 2.41. The van der Waals surface area contributed by atoms with Crippen molar-refractivity contribution in [3.8, 4) is 0 Å². The maximum Gasteiger partial charge on any atom is 0.129 e. The highest BCUT2D eigenvalue weighted by Crippen LogP contribution is 2.21. The summed E-state index contributed by atoms with van der Waals surface area (Å²) < 4.78 is 0. The zero-order chi connectivity index (χ0) is 12.3. The number of nitrogens with one attached hydrogen (secondary N) is 1. The highest BCUT2D eigenvalue weighted by Gasteiger charge is 2.06. The van der Waals surface area contributed by atoms with Gasteiger partial charge < -0.3 is 10.2 Å². The van der Waals surface area contributed by atoms with Gasteiger partial charge in [0.1, 0.15) is 5.82 Å². The number of nitrogens with zero attached hydrogens (tertiary/aromatic N) is 2. The zero-order valence-corrected chi connectivity index (χ0v) is 10.7.